The summed E-state index contributed by atoms with van der Waals surface area (Å²) in [4.78, 5) is 0. The maximum absolute atomic E-state index is 2.54. The highest BCUT2D eigenvalue weighted by Gasteiger charge is 2.44. The van der Waals surface area contributed by atoms with Crippen molar-refractivity contribution in [3.8, 4) is 0 Å². The van der Waals surface area contributed by atoms with Crippen molar-refractivity contribution in [1.82, 2.24) is 0 Å². The van der Waals surface area contributed by atoms with Crippen LogP contribution in [-0.2, 0) is 25.7 Å². The lowest BCUT2D eigenvalue weighted by Gasteiger charge is -2.42. The third-order valence-electron chi connectivity index (χ3n) is 17.3. The van der Waals surface area contributed by atoms with Gasteiger partial charge in [-0.3, -0.25) is 0 Å². The van der Waals surface area contributed by atoms with E-state index in [1.165, 1.54) is 82.8 Å². The number of benzene rings is 7. The Morgan fingerprint density at radius 3 is 0.822 bits per heavy atom. The first kappa shape index (κ1) is 60.7. The first-order valence-electron chi connectivity index (χ1n) is 28.1. The third kappa shape index (κ3) is 19.1. The van der Waals surface area contributed by atoms with Gasteiger partial charge >= 0.3 is 0 Å². The van der Waals surface area contributed by atoms with E-state index >= 15 is 0 Å². The molecule has 73 heavy (non-hydrogen) atoms. The van der Waals surface area contributed by atoms with E-state index < -0.39 is 24.2 Å². The largest absolute Gasteiger partial charge is 0.151 e. The van der Waals surface area contributed by atoms with Crippen LogP contribution in [0.5, 0.6) is 0 Å². The summed E-state index contributed by atoms with van der Waals surface area (Å²) in [7, 11) is -4.38. The minimum atomic E-state index is -2.18. The number of hydrogen-bond donors (Lipinski definition) is 0. The van der Waals surface area contributed by atoms with Gasteiger partial charge < -0.3 is 0 Å². The average molecular weight is 1020 g/mol. The Morgan fingerprint density at radius 1 is 0.315 bits per heavy atom. The summed E-state index contributed by atoms with van der Waals surface area (Å²) in [6, 6.07) is 77.1. The van der Waals surface area contributed by atoms with Gasteiger partial charge in [-0.25, -0.2) is 0 Å². The van der Waals surface area contributed by atoms with Gasteiger partial charge in [-0.05, 0) is 117 Å². The van der Waals surface area contributed by atoms with Gasteiger partial charge in [0.05, 0.1) is 16.1 Å². The highest BCUT2D eigenvalue weighted by atomic mass is 28.3. The molecule has 0 fully saturated rings. The van der Waals surface area contributed by atoms with Crippen molar-refractivity contribution in [2.24, 2.45) is 5.92 Å². The van der Waals surface area contributed by atoms with Gasteiger partial charge in [-0.15, -0.1) is 0 Å². The van der Waals surface area contributed by atoms with Gasteiger partial charge in [-0.2, -0.15) is 0 Å². The van der Waals surface area contributed by atoms with Crippen molar-refractivity contribution in [3.63, 3.8) is 0 Å². The quantitative estimate of drug-likeness (QED) is 0.0559. The summed E-state index contributed by atoms with van der Waals surface area (Å²) in [5.41, 5.74) is 9.10. The fraction of sp³-hybridized carbons (Fsp3) is 0.400. The van der Waals surface area contributed by atoms with Crippen LogP contribution < -0.4 is 15.6 Å². The average Bonchev–Trinajstić information content (AvgIpc) is 3.41. The molecule has 0 radical (unpaired) electrons. The predicted octanol–water partition coefficient (Wildman–Crippen LogP) is 19.1. The Kier molecular flexibility index (Phi) is 25.4. The van der Waals surface area contributed by atoms with E-state index in [4.69, 9.17) is 0 Å². The highest BCUT2D eigenvalue weighted by Crippen LogP contribution is 2.45. The molecule has 7 aromatic carbocycles. The molecule has 0 saturated carbocycles. The van der Waals surface area contributed by atoms with Crippen LogP contribution in [0.2, 0.25) is 53.4 Å². The van der Waals surface area contributed by atoms with Crippen molar-refractivity contribution < 1.29 is 0 Å². The molecule has 0 heterocycles. The third-order valence-corrected chi connectivity index (χ3v) is 35.3. The summed E-state index contributed by atoms with van der Waals surface area (Å²) in [6.07, 6.45) is 9.96. The Balaban J connectivity index is 0.000000226. The second-order valence-electron chi connectivity index (χ2n) is 24.0. The number of aryl methyl sites for hydroxylation is 4. The van der Waals surface area contributed by atoms with Crippen LogP contribution in [0.15, 0.2) is 212 Å². The lowest BCUT2D eigenvalue weighted by molar-refractivity contribution is 0.587. The van der Waals surface area contributed by atoms with Crippen LogP contribution in [0.25, 0.3) is 0 Å². The molecule has 3 unspecified atom stereocenters. The molecule has 0 N–H and O–H groups in total. The summed E-state index contributed by atoms with van der Waals surface area (Å²) >= 11 is 0. The van der Waals surface area contributed by atoms with Gasteiger partial charge in [0, 0.05) is 0 Å². The lowest BCUT2D eigenvalue weighted by atomic mass is 10.0. The minimum absolute atomic E-state index is 0.503. The molecule has 0 aliphatic rings. The molecule has 7 rings (SSSR count). The minimum Gasteiger partial charge on any atom is -0.0690 e. The standard InChI is InChI=1S/C28H28Si.C16H28Si.C15H26Si.C11H16/c1-24(22-23-25-14-6-2-7-15-25)29(26-16-8-3-9-17-26,27-18-10-4-11-19-27)28-20-12-5-13-21-28;1-14(17(5,6)16(2,3)4)12-13-15-10-8-7-9-11-15;1-13(2)16(4,5)14(3)11-12-15-9-7-6-8-10-15;1-10(2)8-9-11-6-4-3-5-7-11/h2-21,24H,22-23H2,1H3;7-11,14H,12-13H2,1-6H3;6-10,13-14H,11-12H2,1-5H3;3-7,10H,8-9H2,1-2H3. The van der Waals surface area contributed by atoms with Gasteiger partial charge in [0.1, 0.15) is 0 Å². The SMILES string of the molecule is CC(C)CCc1ccccc1.CC(C)[Si](C)(C)C(C)CCc1ccccc1.CC(CCc1ccccc1)[Si](C)(C)C(C)(C)C.CC(CCc1ccccc1)[Si](c1ccccc1)(c1ccccc1)c1ccccc1. The normalized spacial score (nSPS) is 13.0. The Morgan fingerprint density at radius 2 is 0.562 bits per heavy atom. The van der Waals surface area contributed by atoms with E-state index in [0.29, 0.717) is 10.6 Å². The Labute approximate surface area is 451 Å². The maximum Gasteiger partial charge on any atom is 0.151 e. The van der Waals surface area contributed by atoms with Crippen molar-refractivity contribution >= 4 is 39.8 Å². The van der Waals surface area contributed by atoms with E-state index in [-0.39, 0.29) is 0 Å². The van der Waals surface area contributed by atoms with E-state index in [1.807, 2.05) is 0 Å². The van der Waals surface area contributed by atoms with E-state index in [0.717, 1.165) is 29.0 Å². The van der Waals surface area contributed by atoms with Gasteiger partial charge in [0.25, 0.3) is 0 Å². The van der Waals surface area contributed by atoms with Crippen molar-refractivity contribution in [2.75, 3.05) is 0 Å². The molecular formula is C70H98Si3. The molecule has 3 heteroatoms. The molecule has 0 nitrogen and oxygen atoms in total. The Hall–Kier alpha value is -4.81. The van der Waals surface area contributed by atoms with Gasteiger partial charge in [-0.1, -0.05) is 313 Å². The zero-order chi connectivity index (χ0) is 53.3. The van der Waals surface area contributed by atoms with Crippen LogP contribution in [0.4, 0.5) is 0 Å². The zero-order valence-electron chi connectivity index (χ0n) is 48.3. The molecule has 0 bridgehead atoms. The molecule has 0 aromatic heterocycles. The van der Waals surface area contributed by atoms with E-state index in [1.54, 1.807) is 0 Å². The molecule has 7 aromatic rings. The second kappa shape index (κ2) is 30.5. The fourth-order valence-corrected chi connectivity index (χ4v) is 19.7. The van der Waals surface area contributed by atoms with Gasteiger partial charge in [0.15, 0.2) is 8.07 Å². The fourth-order valence-electron chi connectivity index (χ4n) is 9.90. The molecule has 0 saturated heterocycles. The first-order valence-corrected chi connectivity index (χ1v) is 36.4. The molecule has 0 aliphatic heterocycles. The zero-order valence-corrected chi connectivity index (χ0v) is 51.3. The van der Waals surface area contributed by atoms with Crippen molar-refractivity contribution in [3.05, 3.63) is 235 Å². The summed E-state index contributed by atoms with van der Waals surface area (Å²) in [5.74, 6) is 0.815. The van der Waals surface area contributed by atoms with Crippen LogP contribution in [0.3, 0.4) is 0 Å². The molecule has 3 atom stereocenters. The number of rotatable bonds is 19. The topological polar surface area (TPSA) is 0 Å². The van der Waals surface area contributed by atoms with Crippen molar-refractivity contribution in [2.45, 2.75) is 174 Å². The summed E-state index contributed by atoms with van der Waals surface area (Å²) < 4.78 is 0. The molecule has 0 amide bonds. The molecule has 0 aliphatic carbocycles. The van der Waals surface area contributed by atoms with Gasteiger partial charge in [0.2, 0.25) is 0 Å². The van der Waals surface area contributed by atoms with Crippen LogP contribution in [0.1, 0.15) is 117 Å². The predicted molar refractivity (Wildman–Crippen MR) is 336 cm³/mol. The molecule has 390 valence electrons. The van der Waals surface area contributed by atoms with E-state index in [9.17, 15) is 0 Å². The number of hydrogen-bond acceptors (Lipinski definition) is 0. The van der Waals surface area contributed by atoms with Crippen LogP contribution >= 0.6 is 0 Å². The smallest absolute Gasteiger partial charge is 0.0690 e. The van der Waals surface area contributed by atoms with Crippen molar-refractivity contribution in [1.29, 1.82) is 0 Å². The highest BCUT2D eigenvalue weighted by molar-refractivity contribution is 7.12. The summed E-state index contributed by atoms with van der Waals surface area (Å²) in [5, 5.41) is 5.00. The first-order chi connectivity index (χ1) is 34.8. The van der Waals surface area contributed by atoms with Crippen LogP contribution in [0, 0.1) is 5.92 Å². The molecular weight excluding hydrogens is 925 g/mol. The Bertz CT molecular complexity index is 2360. The summed E-state index contributed by atoms with van der Waals surface area (Å²) in [6.45, 7) is 34.1. The monoisotopic (exact) mass is 1020 g/mol. The maximum atomic E-state index is 2.54. The van der Waals surface area contributed by atoms with E-state index in [2.05, 4.69) is 308 Å². The second-order valence-corrected chi connectivity index (χ2v) is 40.1. The lowest BCUT2D eigenvalue weighted by Crippen LogP contribution is -2.69. The molecule has 0 spiro atoms. The van der Waals surface area contributed by atoms with Crippen LogP contribution in [-0.4, -0.2) is 24.2 Å².